The number of anilines is 2. The highest BCUT2D eigenvalue weighted by molar-refractivity contribution is 5.69. The molecule has 7 nitrogen and oxygen atoms in total. The summed E-state index contributed by atoms with van der Waals surface area (Å²) in [6.07, 6.45) is 19.8. The van der Waals surface area contributed by atoms with E-state index in [2.05, 4.69) is 27.5 Å². The molecule has 0 saturated carbocycles. The van der Waals surface area contributed by atoms with E-state index in [9.17, 15) is 10.1 Å². The maximum absolute atomic E-state index is 11.3. The Hall–Kier alpha value is -1.92. The molecule has 0 radical (unpaired) electrons. The SMILES string of the molecule is CCCCCCCCCCCCCCCCNc1ncnc(NCC)c1[N+](=O)[O-]. The van der Waals surface area contributed by atoms with Crippen molar-refractivity contribution >= 4 is 17.3 Å². The Morgan fingerprint density at radius 3 is 1.66 bits per heavy atom. The van der Waals surface area contributed by atoms with Crippen LogP contribution in [0.2, 0.25) is 0 Å². The molecule has 0 atom stereocenters. The molecular weight excluding hydrogens is 366 g/mol. The molecule has 0 aromatic carbocycles. The first-order valence-corrected chi connectivity index (χ1v) is 11.7. The highest BCUT2D eigenvalue weighted by Gasteiger charge is 2.21. The lowest BCUT2D eigenvalue weighted by atomic mass is 10.0. The van der Waals surface area contributed by atoms with Crippen LogP contribution < -0.4 is 10.6 Å². The van der Waals surface area contributed by atoms with Crippen molar-refractivity contribution < 1.29 is 4.92 Å². The largest absolute Gasteiger partial charge is 0.364 e. The van der Waals surface area contributed by atoms with E-state index in [0.717, 1.165) is 12.8 Å². The van der Waals surface area contributed by atoms with Gasteiger partial charge in [-0.25, -0.2) is 9.97 Å². The fraction of sp³-hybridized carbons (Fsp3) is 0.818. The lowest BCUT2D eigenvalue weighted by Crippen LogP contribution is -2.10. The average molecular weight is 408 g/mol. The molecule has 0 fully saturated rings. The molecule has 1 aromatic heterocycles. The summed E-state index contributed by atoms with van der Waals surface area (Å²) < 4.78 is 0. The van der Waals surface area contributed by atoms with Crippen molar-refractivity contribution in [1.82, 2.24) is 9.97 Å². The maximum atomic E-state index is 11.3. The van der Waals surface area contributed by atoms with E-state index >= 15 is 0 Å². The molecule has 1 aromatic rings. The van der Waals surface area contributed by atoms with E-state index < -0.39 is 4.92 Å². The first-order chi connectivity index (χ1) is 14.2. The standard InChI is InChI=1S/C22H41N5O2/c1-3-5-6-7-8-9-10-11-12-13-14-15-16-17-18-24-22-20(27(28)29)21(23-4-2)25-19-26-22/h19H,3-18H2,1-2H3,(H2,23,24,25,26). The normalized spacial score (nSPS) is 10.8. The second-order valence-corrected chi connectivity index (χ2v) is 7.73. The van der Waals surface area contributed by atoms with Gasteiger partial charge in [-0.05, 0) is 13.3 Å². The van der Waals surface area contributed by atoms with E-state index in [0.29, 0.717) is 18.9 Å². The van der Waals surface area contributed by atoms with Gasteiger partial charge < -0.3 is 10.6 Å². The van der Waals surface area contributed by atoms with Crippen LogP contribution in [0.1, 0.15) is 104 Å². The molecule has 29 heavy (non-hydrogen) atoms. The Kier molecular flexibility index (Phi) is 14.7. The Morgan fingerprint density at radius 1 is 0.759 bits per heavy atom. The van der Waals surface area contributed by atoms with Gasteiger partial charge in [0, 0.05) is 13.1 Å². The van der Waals surface area contributed by atoms with Crippen LogP contribution in [0, 0.1) is 10.1 Å². The zero-order valence-electron chi connectivity index (χ0n) is 18.5. The molecule has 0 spiro atoms. The van der Waals surface area contributed by atoms with Crippen molar-refractivity contribution in [3.63, 3.8) is 0 Å². The second-order valence-electron chi connectivity index (χ2n) is 7.73. The fourth-order valence-corrected chi connectivity index (χ4v) is 3.50. The van der Waals surface area contributed by atoms with Gasteiger partial charge in [0.1, 0.15) is 6.33 Å². The van der Waals surface area contributed by atoms with E-state index in [4.69, 9.17) is 0 Å². The Morgan fingerprint density at radius 2 is 1.21 bits per heavy atom. The summed E-state index contributed by atoms with van der Waals surface area (Å²) in [5, 5.41) is 17.3. The number of hydrogen-bond donors (Lipinski definition) is 2. The Labute approximate surface area is 176 Å². The third-order valence-corrected chi connectivity index (χ3v) is 5.17. The molecule has 166 valence electrons. The van der Waals surface area contributed by atoms with Gasteiger partial charge in [-0.15, -0.1) is 0 Å². The van der Waals surface area contributed by atoms with Crippen molar-refractivity contribution in [3.8, 4) is 0 Å². The van der Waals surface area contributed by atoms with Crippen molar-refractivity contribution in [2.75, 3.05) is 23.7 Å². The number of nitrogens with one attached hydrogen (secondary N) is 2. The maximum Gasteiger partial charge on any atom is 0.353 e. The Bertz CT molecular complexity index is 554. The van der Waals surface area contributed by atoms with Crippen LogP contribution in [0.5, 0.6) is 0 Å². The molecule has 0 amide bonds. The van der Waals surface area contributed by atoms with Gasteiger partial charge >= 0.3 is 5.69 Å². The third kappa shape index (κ3) is 11.6. The second kappa shape index (κ2) is 17.0. The lowest BCUT2D eigenvalue weighted by Gasteiger charge is -2.09. The molecule has 1 heterocycles. The monoisotopic (exact) mass is 407 g/mol. The highest BCUT2D eigenvalue weighted by atomic mass is 16.6. The van der Waals surface area contributed by atoms with Crippen molar-refractivity contribution in [1.29, 1.82) is 0 Å². The van der Waals surface area contributed by atoms with Crippen molar-refractivity contribution in [3.05, 3.63) is 16.4 Å². The number of aromatic nitrogens is 2. The topological polar surface area (TPSA) is 93.0 Å². The van der Waals surface area contributed by atoms with Crippen LogP contribution >= 0.6 is 0 Å². The summed E-state index contributed by atoms with van der Waals surface area (Å²) >= 11 is 0. The molecule has 1 rings (SSSR count). The van der Waals surface area contributed by atoms with Gasteiger partial charge in [0.25, 0.3) is 0 Å². The zero-order chi connectivity index (χ0) is 21.2. The molecular formula is C22H41N5O2. The average Bonchev–Trinajstić information content (AvgIpc) is 2.71. The number of nitro groups is 1. The van der Waals surface area contributed by atoms with Crippen LogP contribution in [0.25, 0.3) is 0 Å². The van der Waals surface area contributed by atoms with E-state index in [1.165, 1.54) is 83.4 Å². The number of unbranched alkanes of at least 4 members (excludes halogenated alkanes) is 13. The number of nitrogens with zero attached hydrogens (tertiary/aromatic N) is 3. The van der Waals surface area contributed by atoms with Crippen LogP contribution in [0.3, 0.4) is 0 Å². The summed E-state index contributed by atoms with van der Waals surface area (Å²) in [5.74, 6) is 0.576. The van der Waals surface area contributed by atoms with Gasteiger partial charge in [-0.3, -0.25) is 10.1 Å². The number of rotatable bonds is 19. The minimum absolute atomic E-state index is 0.0697. The van der Waals surface area contributed by atoms with Gasteiger partial charge in [0.05, 0.1) is 4.92 Å². The third-order valence-electron chi connectivity index (χ3n) is 5.17. The van der Waals surface area contributed by atoms with Crippen LogP contribution in [-0.2, 0) is 0 Å². The molecule has 0 saturated heterocycles. The summed E-state index contributed by atoms with van der Waals surface area (Å²) in [6.45, 7) is 5.42. The first-order valence-electron chi connectivity index (χ1n) is 11.7. The van der Waals surface area contributed by atoms with Gasteiger partial charge in [-0.1, -0.05) is 90.4 Å². The van der Waals surface area contributed by atoms with E-state index in [1.807, 2.05) is 6.92 Å². The van der Waals surface area contributed by atoms with Crippen molar-refractivity contribution in [2.45, 2.75) is 104 Å². The smallest absolute Gasteiger partial charge is 0.353 e. The zero-order valence-corrected chi connectivity index (χ0v) is 18.5. The van der Waals surface area contributed by atoms with E-state index in [-0.39, 0.29) is 11.5 Å². The van der Waals surface area contributed by atoms with Crippen LogP contribution in [-0.4, -0.2) is 28.0 Å². The summed E-state index contributed by atoms with van der Waals surface area (Å²) in [5.41, 5.74) is -0.0697. The molecule has 0 unspecified atom stereocenters. The molecule has 2 N–H and O–H groups in total. The molecule has 0 aliphatic heterocycles. The van der Waals surface area contributed by atoms with Gasteiger partial charge in [0.2, 0.25) is 11.6 Å². The minimum atomic E-state index is -0.425. The predicted octanol–water partition coefficient (Wildman–Crippen LogP) is 6.71. The lowest BCUT2D eigenvalue weighted by molar-refractivity contribution is -0.383. The summed E-state index contributed by atoms with van der Waals surface area (Å²) in [6, 6.07) is 0. The molecule has 7 heteroatoms. The number of hydrogen-bond acceptors (Lipinski definition) is 6. The highest BCUT2D eigenvalue weighted by Crippen LogP contribution is 2.28. The van der Waals surface area contributed by atoms with E-state index in [1.54, 1.807) is 0 Å². The molecule has 0 aliphatic rings. The van der Waals surface area contributed by atoms with Gasteiger partial charge in [-0.2, -0.15) is 0 Å². The van der Waals surface area contributed by atoms with Gasteiger partial charge in [0.15, 0.2) is 0 Å². The van der Waals surface area contributed by atoms with Crippen LogP contribution in [0.4, 0.5) is 17.3 Å². The quantitative estimate of drug-likeness (QED) is 0.150. The Balaban J connectivity index is 2.04. The van der Waals surface area contributed by atoms with Crippen LogP contribution in [0.15, 0.2) is 6.33 Å². The predicted molar refractivity (Wildman–Crippen MR) is 122 cm³/mol. The summed E-state index contributed by atoms with van der Waals surface area (Å²) in [7, 11) is 0. The van der Waals surface area contributed by atoms with Crippen molar-refractivity contribution in [2.24, 2.45) is 0 Å². The molecule has 0 bridgehead atoms. The first kappa shape index (κ1) is 25.1. The minimum Gasteiger partial charge on any atom is -0.364 e. The fourth-order valence-electron chi connectivity index (χ4n) is 3.50. The molecule has 0 aliphatic carbocycles. The summed E-state index contributed by atoms with van der Waals surface area (Å²) in [4.78, 5) is 18.9.